The van der Waals surface area contributed by atoms with Crippen molar-refractivity contribution in [1.29, 1.82) is 0 Å². The SMILES string of the molecule is O=C(O)CCCc1c(O)cccc1C(=O)O. The molecule has 3 N–H and O–H groups in total. The van der Waals surface area contributed by atoms with E-state index in [2.05, 4.69) is 0 Å². The molecule has 1 aromatic rings. The summed E-state index contributed by atoms with van der Waals surface area (Å²) >= 11 is 0. The molecule has 0 saturated heterocycles. The molecule has 0 bridgehead atoms. The van der Waals surface area contributed by atoms with Gasteiger partial charge in [-0.15, -0.1) is 0 Å². The first-order valence-electron chi connectivity index (χ1n) is 4.78. The second-order valence-corrected chi connectivity index (χ2v) is 3.36. The maximum absolute atomic E-state index is 10.8. The van der Waals surface area contributed by atoms with Gasteiger partial charge < -0.3 is 15.3 Å². The van der Waals surface area contributed by atoms with Crippen molar-refractivity contribution in [2.45, 2.75) is 19.3 Å². The zero-order chi connectivity index (χ0) is 12.1. The van der Waals surface area contributed by atoms with Gasteiger partial charge in [-0.2, -0.15) is 0 Å². The van der Waals surface area contributed by atoms with Crippen molar-refractivity contribution in [3.63, 3.8) is 0 Å². The largest absolute Gasteiger partial charge is 0.508 e. The highest BCUT2D eigenvalue weighted by Crippen LogP contribution is 2.23. The van der Waals surface area contributed by atoms with Crippen molar-refractivity contribution in [3.05, 3.63) is 29.3 Å². The van der Waals surface area contributed by atoms with E-state index in [0.717, 1.165) is 0 Å². The summed E-state index contributed by atoms with van der Waals surface area (Å²) in [6.07, 6.45) is 0.487. The minimum atomic E-state index is -1.12. The second kappa shape index (κ2) is 5.16. The van der Waals surface area contributed by atoms with Gasteiger partial charge in [0.2, 0.25) is 0 Å². The Balaban J connectivity index is 2.84. The fourth-order valence-corrected chi connectivity index (χ4v) is 1.45. The van der Waals surface area contributed by atoms with E-state index in [-0.39, 0.29) is 29.7 Å². The lowest BCUT2D eigenvalue weighted by atomic mass is 10.0. The number of aromatic hydroxyl groups is 1. The summed E-state index contributed by atoms with van der Waals surface area (Å²) in [4.78, 5) is 21.2. The topological polar surface area (TPSA) is 94.8 Å². The number of phenols is 1. The predicted octanol–water partition coefficient (Wildman–Crippen LogP) is 1.50. The summed E-state index contributed by atoms with van der Waals surface area (Å²) < 4.78 is 0. The van der Waals surface area contributed by atoms with Crippen molar-refractivity contribution >= 4 is 11.9 Å². The van der Waals surface area contributed by atoms with Gasteiger partial charge in [-0.05, 0) is 25.0 Å². The van der Waals surface area contributed by atoms with E-state index in [0.29, 0.717) is 6.42 Å². The summed E-state index contributed by atoms with van der Waals surface area (Å²) in [6, 6.07) is 4.22. The van der Waals surface area contributed by atoms with E-state index in [1.807, 2.05) is 0 Å². The number of benzene rings is 1. The first-order chi connectivity index (χ1) is 7.52. The number of aromatic carboxylic acids is 1. The van der Waals surface area contributed by atoms with E-state index in [1.54, 1.807) is 0 Å². The lowest BCUT2D eigenvalue weighted by Gasteiger charge is -2.07. The molecule has 1 rings (SSSR count). The van der Waals surface area contributed by atoms with Gasteiger partial charge in [-0.25, -0.2) is 4.79 Å². The number of phenolic OH excluding ortho intramolecular Hbond substituents is 1. The Morgan fingerprint density at radius 3 is 2.44 bits per heavy atom. The molecule has 0 amide bonds. The highest BCUT2D eigenvalue weighted by molar-refractivity contribution is 5.90. The van der Waals surface area contributed by atoms with Crippen molar-refractivity contribution in [2.75, 3.05) is 0 Å². The van der Waals surface area contributed by atoms with Crippen LogP contribution in [0.4, 0.5) is 0 Å². The minimum Gasteiger partial charge on any atom is -0.508 e. The Hall–Kier alpha value is -2.04. The van der Waals surface area contributed by atoms with E-state index in [9.17, 15) is 14.7 Å². The number of carboxylic acids is 2. The zero-order valence-corrected chi connectivity index (χ0v) is 8.51. The molecule has 1 aromatic carbocycles. The average Bonchev–Trinajstić information content (AvgIpc) is 2.19. The van der Waals surface area contributed by atoms with Crippen LogP contribution in [0, 0.1) is 0 Å². The van der Waals surface area contributed by atoms with Crippen molar-refractivity contribution < 1.29 is 24.9 Å². The van der Waals surface area contributed by atoms with E-state index in [4.69, 9.17) is 10.2 Å². The first-order valence-corrected chi connectivity index (χ1v) is 4.78. The molecule has 5 nitrogen and oxygen atoms in total. The fourth-order valence-electron chi connectivity index (χ4n) is 1.45. The molecule has 0 fully saturated rings. The van der Waals surface area contributed by atoms with Gasteiger partial charge >= 0.3 is 11.9 Å². The maximum Gasteiger partial charge on any atom is 0.336 e. The Kier molecular flexibility index (Phi) is 3.88. The third-order valence-corrected chi connectivity index (χ3v) is 2.20. The molecule has 0 saturated carbocycles. The molecule has 0 atom stereocenters. The number of carboxylic acid groups (broad SMARTS) is 2. The Labute approximate surface area is 92.0 Å². The smallest absolute Gasteiger partial charge is 0.336 e. The highest BCUT2D eigenvalue weighted by atomic mass is 16.4. The fraction of sp³-hybridized carbons (Fsp3) is 0.273. The summed E-state index contributed by atoms with van der Waals surface area (Å²) in [5.74, 6) is -2.17. The second-order valence-electron chi connectivity index (χ2n) is 3.36. The quantitative estimate of drug-likeness (QED) is 0.704. The number of hydrogen-bond donors (Lipinski definition) is 3. The van der Waals surface area contributed by atoms with Gasteiger partial charge in [0.05, 0.1) is 5.56 Å². The Morgan fingerprint density at radius 2 is 1.88 bits per heavy atom. The minimum absolute atomic E-state index is 0.0189. The van der Waals surface area contributed by atoms with Crippen LogP contribution in [0.25, 0.3) is 0 Å². The molecule has 0 spiro atoms. The summed E-state index contributed by atoms with van der Waals surface area (Å²) in [7, 11) is 0. The normalized spacial score (nSPS) is 10.0. The van der Waals surface area contributed by atoms with Gasteiger partial charge in [0.15, 0.2) is 0 Å². The number of carbonyl (C=O) groups is 2. The third-order valence-electron chi connectivity index (χ3n) is 2.20. The standard InChI is InChI=1S/C11H12O5/c12-9-5-1-4-8(11(15)16)7(9)3-2-6-10(13)14/h1,4-5,12H,2-3,6H2,(H,13,14)(H,15,16). The van der Waals surface area contributed by atoms with E-state index < -0.39 is 11.9 Å². The molecule has 0 radical (unpaired) electrons. The third kappa shape index (κ3) is 2.98. The summed E-state index contributed by atoms with van der Waals surface area (Å²) in [5.41, 5.74) is 0.307. The molecule has 0 aliphatic carbocycles. The lowest BCUT2D eigenvalue weighted by molar-refractivity contribution is -0.137. The Bertz CT molecular complexity index is 411. The molecular weight excluding hydrogens is 212 g/mol. The van der Waals surface area contributed by atoms with Crippen LogP contribution in [0.2, 0.25) is 0 Å². The Morgan fingerprint density at radius 1 is 1.19 bits per heavy atom. The summed E-state index contributed by atoms with van der Waals surface area (Å²) in [5, 5.41) is 26.8. The monoisotopic (exact) mass is 224 g/mol. The van der Waals surface area contributed by atoms with Gasteiger partial charge in [0.25, 0.3) is 0 Å². The molecule has 0 aliphatic heterocycles. The molecule has 0 heterocycles. The van der Waals surface area contributed by atoms with Crippen LogP contribution < -0.4 is 0 Å². The highest BCUT2D eigenvalue weighted by Gasteiger charge is 2.13. The van der Waals surface area contributed by atoms with Crippen molar-refractivity contribution in [1.82, 2.24) is 0 Å². The average molecular weight is 224 g/mol. The molecule has 0 unspecified atom stereocenters. The molecule has 0 aliphatic rings. The van der Waals surface area contributed by atoms with Gasteiger partial charge in [0, 0.05) is 12.0 Å². The first kappa shape index (κ1) is 12.0. The van der Waals surface area contributed by atoms with E-state index in [1.165, 1.54) is 18.2 Å². The van der Waals surface area contributed by atoms with Crippen LogP contribution in [-0.4, -0.2) is 27.3 Å². The number of rotatable bonds is 5. The zero-order valence-electron chi connectivity index (χ0n) is 8.51. The maximum atomic E-state index is 10.8. The van der Waals surface area contributed by atoms with Crippen molar-refractivity contribution in [3.8, 4) is 5.75 Å². The van der Waals surface area contributed by atoms with Crippen LogP contribution in [-0.2, 0) is 11.2 Å². The molecular formula is C11H12O5. The molecule has 0 aromatic heterocycles. The molecule has 5 heteroatoms. The van der Waals surface area contributed by atoms with Crippen molar-refractivity contribution in [2.24, 2.45) is 0 Å². The van der Waals surface area contributed by atoms with Gasteiger partial charge in [-0.3, -0.25) is 4.79 Å². The molecule has 16 heavy (non-hydrogen) atoms. The van der Waals surface area contributed by atoms with Crippen LogP contribution in [0.1, 0.15) is 28.8 Å². The lowest BCUT2D eigenvalue weighted by Crippen LogP contribution is -2.04. The van der Waals surface area contributed by atoms with E-state index >= 15 is 0 Å². The number of hydrogen-bond acceptors (Lipinski definition) is 3. The van der Waals surface area contributed by atoms with Gasteiger partial charge in [-0.1, -0.05) is 6.07 Å². The van der Waals surface area contributed by atoms with Crippen LogP contribution in [0.5, 0.6) is 5.75 Å². The van der Waals surface area contributed by atoms with Crippen LogP contribution >= 0.6 is 0 Å². The van der Waals surface area contributed by atoms with Crippen LogP contribution in [0.3, 0.4) is 0 Å². The van der Waals surface area contributed by atoms with Gasteiger partial charge in [0.1, 0.15) is 5.75 Å². The number of aliphatic carboxylic acids is 1. The predicted molar refractivity (Wildman–Crippen MR) is 55.6 cm³/mol. The van der Waals surface area contributed by atoms with Crippen LogP contribution in [0.15, 0.2) is 18.2 Å². The summed E-state index contributed by atoms with van der Waals surface area (Å²) in [6.45, 7) is 0. The molecule has 86 valence electrons.